The molecule has 1 atom stereocenters. The minimum atomic E-state index is -0.836. The molecule has 4 rings (SSSR count). The number of hydrogen-bond donors (Lipinski definition) is 2. The van der Waals surface area contributed by atoms with E-state index < -0.39 is 10.8 Å². The van der Waals surface area contributed by atoms with Crippen molar-refractivity contribution in [2.45, 2.75) is 32.1 Å². The van der Waals surface area contributed by atoms with Crippen LogP contribution in [0, 0.1) is 21.4 Å². The van der Waals surface area contributed by atoms with Crippen LogP contribution in [0.1, 0.15) is 43.5 Å². The van der Waals surface area contributed by atoms with Gasteiger partial charge in [-0.05, 0) is 6.07 Å². The van der Waals surface area contributed by atoms with Crippen LogP contribution < -0.4 is 19.9 Å². The summed E-state index contributed by atoms with van der Waals surface area (Å²) in [5.41, 5.74) is 6.91. The lowest BCUT2D eigenvalue weighted by atomic mass is 9.78. The molecule has 1 aromatic carbocycles. The minimum absolute atomic E-state index is 0.0307. The van der Waals surface area contributed by atoms with Crippen molar-refractivity contribution in [1.29, 1.82) is 5.26 Å². The van der Waals surface area contributed by atoms with E-state index in [9.17, 15) is 15.4 Å². The number of nitro groups is 1. The summed E-state index contributed by atoms with van der Waals surface area (Å²) in [7, 11) is 0. The molecule has 144 valence electrons. The summed E-state index contributed by atoms with van der Waals surface area (Å²) in [6, 6.07) is 4.86. The van der Waals surface area contributed by atoms with Crippen molar-refractivity contribution in [1.82, 2.24) is 10.2 Å². The van der Waals surface area contributed by atoms with Crippen LogP contribution in [-0.4, -0.2) is 21.9 Å². The Morgan fingerprint density at radius 3 is 2.64 bits per heavy atom. The third kappa shape index (κ3) is 2.51. The molecule has 0 spiro atoms. The van der Waals surface area contributed by atoms with E-state index in [1.807, 2.05) is 26.8 Å². The van der Waals surface area contributed by atoms with E-state index in [0.29, 0.717) is 17.0 Å². The van der Waals surface area contributed by atoms with Gasteiger partial charge in [-0.3, -0.25) is 15.2 Å². The highest BCUT2D eigenvalue weighted by Crippen LogP contribution is 2.50. The molecule has 10 nitrogen and oxygen atoms in total. The Balaban J connectivity index is 2.04. The quantitative estimate of drug-likeness (QED) is 0.593. The van der Waals surface area contributed by atoms with E-state index in [4.69, 9.17) is 19.9 Å². The van der Waals surface area contributed by atoms with Crippen molar-refractivity contribution in [2.24, 2.45) is 5.73 Å². The summed E-state index contributed by atoms with van der Waals surface area (Å²) in [6.07, 6.45) is 0. The minimum Gasteiger partial charge on any atom is -0.454 e. The van der Waals surface area contributed by atoms with Crippen LogP contribution in [0.15, 0.2) is 23.6 Å². The van der Waals surface area contributed by atoms with E-state index in [-0.39, 0.29) is 46.5 Å². The zero-order valence-corrected chi connectivity index (χ0v) is 15.4. The smallest absolute Gasteiger partial charge is 0.277 e. The van der Waals surface area contributed by atoms with Crippen LogP contribution in [0.5, 0.6) is 17.4 Å². The summed E-state index contributed by atoms with van der Waals surface area (Å²) in [6.45, 7) is 5.84. The first kappa shape index (κ1) is 17.7. The summed E-state index contributed by atoms with van der Waals surface area (Å²) < 4.78 is 16.2. The molecular weight excluding hydrogens is 366 g/mol. The van der Waals surface area contributed by atoms with Crippen molar-refractivity contribution in [3.05, 3.63) is 50.5 Å². The average Bonchev–Trinajstić information content (AvgIpc) is 3.24. The van der Waals surface area contributed by atoms with Gasteiger partial charge >= 0.3 is 0 Å². The third-order valence-electron chi connectivity index (χ3n) is 4.72. The van der Waals surface area contributed by atoms with Crippen LogP contribution >= 0.6 is 0 Å². The first-order valence-corrected chi connectivity index (χ1v) is 8.46. The molecule has 0 aliphatic carbocycles. The highest BCUT2D eigenvalue weighted by molar-refractivity contribution is 5.64. The number of nitrogens with one attached hydrogen (secondary N) is 1. The van der Waals surface area contributed by atoms with Gasteiger partial charge in [-0.25, -0.2) is 0 Å². The number of fused-ring (bicyclic) bond motifs is 2. The predicted octanol–water partition coefficient (Wildman–Crippen LogP) is 2.56. The Morgan fingerprint density at radius 1 is 1.36 bits per heavy atom. The van der Waals surface area contributed by atoms with E-state index in [0.717, 1.165) is 0 Å². The molecule has 3 heterocycles. The zero-order chi connectivity index (χ0) is 20.2. The lowest BCUT2D eigenvalue weighted by molar-refractivity contribution is -0.385. The summed E-state index contributed by atoms with van der Waals surface area (Å²) >= 11 is 0. The summed E-state index contributed by atoms with van der Waals surface area (Å²) in [5, 5.41) is 28.6. The molecule has 0 saturated carbocycles. The van der Waals surface area contributed by atoms with Crippen LogP contribution in [0.25, 0.3) is 0 Å². The molecule has 0 unspecified atom stereocenters. The second-order valence-corrected chi connectivity index (χ2v) is 7.51. The molecule has 2 aliphatic heterocycles. The molecule has 0 bridgehead atoms. The lowest BCUT2D eigenvalue weighted by Gasteiger charge is -2.27. The fourth-order valence-electron chi connectivity index (χ4n) is 3.46. The fraction of sp³-hybridized carbons (Fsp3) is 0.333. The van der Waals surface area contributed by atoms with E-state index in [1.54, 1.807) is 0 Å². The Hall–Kier alpha value is -3.74. The number of allylic oxidation sites excluding steroid dienone is 1. The van der Waals surface area contributed by atoms with Gasteiger partial charge < -0.3 is 19.9 Å². The number of nitrogens with zero attached hydrogens (tertiary/aromatic N) is 3. The Morgan fingerprint density at radius 2 is 2.04 bits per heavy atom. The van der Waals surface area contributed by atoms with Gasteiger partial charge in [0.25, 0.3) is 5.69 Å². The number of hydrogen-bond acceptors (Lipinski definition) is 8. The second-order valence-electron chi connectivity index (χ2n) is 7.51. The Bertz CT molecular complexity index is 1070. The maximum atomic E-state index is 11.8. The molecule has 1 aromatic heterocycles. The number of aromatic nitrogens is 2. The molecule has 0 saturated heterocycles. The number of nitro benzene ring substituents is 1. The van der Waals surface area contributed by atoms with Crippen LogP contribution in [-0.2, 0) is 5.41 Å². The number of nitrogens with two attached hydrogens (primary N) is 1. The maximum absolute atomic E-state index is 11.8. The second kappa shape index (κ2) is 5.88. The summed E-state index contributed by atoms with van der Waals surface area (Å²) in [5.74, 6) is -0.138. The topological polar surface area (TPSA) is 149 Å². The third-order valence-corrected chi connectivity index (χ3v) is 4.72. The van der Waals surface area contributed by atoms with Crippen molar-refractivity contribution in [2.75, 3.05) is 6.79 Å². The maximum Gasteiger partial charge on any atom is 0.277 e. The fourth-order valence-corrected chi connectivity index (χ4v) is 3.46. The van der Waals surface area contributed by atoms with E-state index in [2.05, 4.69) is 10.2 Å². The van der Waals surface area contributed by atoms with Crippen LogP contribution in [0.3, 0.4) is 0 Å². The zero-order valence-electron chi connectivity index (χ0n) is 15.4. The van der Waals surface area contributed by atoms with Gasteiger partial charge in [-0.15, -0.1) is 5.10 Å². The lowest BCUT2D eigenvalue weighted by Crippen LogP contribution is -2.24. The molecule has 28 heavy (non-hydrogen) atoms. The van der Waals surface area contributed by atoms with Crippen LogP contribution in [0.4, 0.5) is 5.69 Å². The molecule has 2 aromatic rings. The van der Waals surface area contributed by atoms with E-state index >= 15 is 0 Å². The van der Waals surface area contributed by atoms with Crippen LogP contribution in [0.2, 0.25) is 0 Å². The Labute approximate surface area is 159 Å². The van der Waals surface area contributed by atoms with Gasteiger partial charge in [0.1, 0.15) is 11.6 Å². The van der Waals surface area contributed by atoms with Crippen molar-refractivity contribution in [3.63, 3.8) is 0 Å². The molecule has 0 radical (unpaired) electrons. The first-order valence-electron chi connectivity index (χ1n) is 8.46. The van der Waals surface area contributed by atoms with E-state index in [1.165, 1.54) is 12.1 Å². The molecule has 0 fully saturated rings. The highest BCUT2D eigenvalue weighted by atomic mass is 16.7. The number of nitriles is 1. The van der Waals surface area contributed by atoms with Gasteiger partial charge in [0.2, 0.25) is 18.6 Å². The van der Waals surface area contributed by atoms with Crippen molar-refractivity contribution >= 4 is 5.69 Å². The normalized spacial score (nSPS) is 17.7. The molecule has 10 heteroatoms. The van der Waals surface area contributed by atoms with Gasteiger partial charge in [0.05, 0.1) is 22.5 Å². The Kier molecular flexibility index (Phi) is 3.71. The van der Waals surface area contributed by atoms with Crippen molar-refractivity contribution in [3.8, 4) is 23.4 Å². The predicted molar refractivity (Wildman–Crippen MR) is 95.8 cm³/mol. The average molecular weight is 383 g/mol. The first-order chi connectivity index (χ1) is 13.2. The molecule has 0 amide bonds. The highest BCUT2D eigenvalue weighted by Gasteiger charge is 2.41. The largest absolute Gasteiger partial charge is 0.454 e. The SMILES string of the molecule is CC(C)(C)c1[nH]nc2c1[C@H](c1cc3c(cc1[N+](=O)[O-])OCO3)C(C#N)=C(N)O2. The summed E-state index contributed by atoms with van der Waals surface area (Å²) in [4.78, 5) is 11.3. The van der Waals surface area contributed by atoms with Gasteiger partial charge in [0, 0.05) is 16.7 Å². The van der Waals surface area contributed by atoms with Gasteiger partial charge in [-0.1, -0.05) is 20.8 Å². The monoisotopic (exact) mass is 383 g/mol. The number of aromatic amines is 1. The number of benzene rings is 1. The molecule has 3 N–H and O–H groups in total. The standard InChI is InChI=1S/C18H17N5O5/c1-18(2,3)15-14-13(9(6-19)16(20)28-17(14)22-21-15)8-4-11-12(27-7-26-11)5-10(8)23(24)25/h4-5,13H,7,20H2,1-3H3,(H,21,22)/t13-/m1/s1. The number of rotatable bonds is 2. The molecule has 2 aliphatic rings. The molecular formula is C18H17N5O5. The van der Waals surface area contributed by atoms with Crippen molar-refractivity contribution < 1.29 is 19.1 Å². The number of H-pyrrole nitrogens is 1. The van der Waals surface area contributed by atoms with Gasteiger partial charge in [-0.2, -0.15) is 5.26 Å². The van der Waals surface area contributed by atoms with Gasteiger partial charge in [0.15, 0.2) is 11.5 Å². The number of ether oxygens (including phenoxy) is 3.